The number of hydrogen-bond donors (Lipinski definition) is 3. The van der Waals surface area contributed by atoms with Crippen LogP contribution in [0.25, 0.3) is 0 Å². The summed E-state index contributed by atoms with van der Waals surface area (Å²) in [5.74, 6) is -0.968. The molecule has 1 saturated carbocycles. The van der Waals surface area contributed by atoms with Gasteiger partial charge in [-0.25, -0.2) is 9.78 Å². The van der Waals surface area contributed by atoms with Crippen molar-refractivity contribution in [3.63, 3.8) is 0 Å². The first-order chi connectivity index (χ1) is 15.4. The van der Waals surface area contributed by atoms with Gasteiger partial charge in [0.25, 0.3) is 5.91 Å². The van der Waals surface area contributed by atoms with E-state index in [9.17, 15) is 14.4 Å². The summed E-state index contributed by atoms with van der Waals surface area (Å²) in [4.78, 5) is 42.2. The third-order valence-corrected chi connectivity index (χ3v) is 6.10. The Hall–Kier alpha value is -2.81. The number of ether oxygens (including phenoxy) is 1. The molecule has 1 amide bonds. The molecule has 0 radical (unpaired) electrons. The van der Waals surface area contributed by atoms with E-state index in [1.54, 1.807) is 0 Å². The first-order valence-electron chi connectivity index (χ1n) is 11.3. The number of anilines is 2. The molecule has 1 aliphatic carbocycles. The summed E-state index contributed by atoms with van der Waals surface area (Å²) in [6, 6.07) is 2.61. The van der Waals surface area contributed by atoms with Crippen molar-refractivity contribution >= 4 is 34.9 Å². The zero-order chi connectivity index (χ0) is 23.1. The van der Waals surface area contributed by atoms with Crippen LogP contribution >= 0.6 is 0 Å². The molecule has 0 spiro atoms. The summed E-state index contributed by atoms with van der Waals surface area (Å²) < 4.78 is 4.93. The molecule has 3 rings (SSSR count). The van der Waals surface area contributed by atoms with E-state index in [2.05, 4.69) is 20.5 Å². The molecule has 2 fully saturated rings. The number of rotatable bonds is 8. The zero-order valence-corrected chi connectivity index (χ0v) is 18.9. The second-order valence-electron chi connectivity index (χ2n) is 8.66. The number of methoxy groups -OCH3 is 1. The van der Waals surface area contributed by atoms with Gasteiger partial charge in [-0.2, -0.15) is 0 Å². The van der Waals surface area contributed by atoms with Gasteiger partial charge in [0.1, 0.15) is 22.9 Å². The Bertz CT molecular complexity index is 858. The van der Waals surface area contributed by atoms with Crippen LogP contribution in [0.2, 0.25) is 0 Å². The highest BCUT2D eigenvalue weighted by Crippen LogP contribution is 2.26. The molecule has 32 heavy (non-hydrogen) atoms. The van der Waals surface area contributed by atoms with Gasteiger partial charge in [0.15, 0.2) is 0 Å². The van der Waals surface area contributed by atoms with Crippen molar-refractivity contribution in [2.75, 3.05) is 30.4 Å². The molecular formula is C23H33N5O4. The van der Waals surface area contributed by atoms with E-state index in [1.165, 1.54) is 58.4 Å². The maximum Gasteiger partial charge on any atom is 0.341 e. The minimum Gasteiger partial charge on any atom is -0.465 e. The highest BCUT2D eigenvalue weighted by molar-refractivity contribution is 6.44. The molecule has 0 atom stereocenters. The molecule has 1 aromatic heterocycles. The minimum absolute atomic E-state index is 0.245. The Kier molecular flexibility index (Phi) is 8.33. The Morgan fingerprint density at radius 1 is 1.12 bits per heavy atom. The quantitative estimate of drug-likeness (QED) is 0.417. The molecule has 2 heterocycles. The van der Waals surface area contributed by atoms with Gasteiger partial charge in [-0.15, -0.1) is 0 Å². The summed E-state index contributed by atoms with van der Waals surface area (Å²) in [5, 5.41) is 14.0. The van der Waals surface area contributed by atoms with Crippen molar-refractivity contribution in [1.82, 2.24) is 10.3 Å². The van der Waals surface area contributed by atoms with Crippen LogP contribution in [-0.2, 0) is 14.3 Å². The second kappa shape index (κ2) is 11.2. The van der Waals surface area contributed by atoms with Crippen LogP contribution in [0, 0.1) is 5.41 Å². The highest BCUT2D eigenvalue weighted by Gasteiger charge is 2.27. The normalized spacial score (nSPS) is 17.6. The topological polar surface area (TPSA) is 124 Å². The van der Waals surface area contributed by atoms with Crippen LogP contribution in [0.5, 0.6) is 0 Å². The first kappa shape index (κ1) is 23.8. The first-order valence-corrected chi connectivity index (χ1v) is 11.3. The van der Waals surface area contributed by atoms with Gasteiger partial charge >= 0.3 is 5.97 Å². The van der Waals surface area contributed by atoms with Crippen molar-refractivity contribution in [2.24, 2.45) is 0 Å². The van der Waals surface area contributed by atoms with E-state index < -0.39 is 11.9 Å². The fraction of sp³-hybridized carbons (Fsp3) is 0.609. The van der Waals surface area contributed by atoms with Crippen LogP contribution < -0.4 is 15.5 Å². The third-order valence-electron chi connectivity index (χ3n) is 6.10. The molecule has 0 bridgehead atoms. The molecule has 2 aliphatic rings. The number of ketones is 1. The fourth-order valence-electron chi connectivity index (χ4n) is 4.43. The summed E-state index contributed by atoms with van der Waals surface area (Å²) in [5.41, 5.74) is 0.206. The average molecular weight is 444 g/mol. The molecular weight excluding hydrogens is 410 g/mol. The van der Waals surface area contributed by atoms with Gasteiger partial charge in [0.05, 0.1) is 25.4 Å². The predicted molar refractivity (Wildman–Crippen MR) is 122 cm³/mol. The number of aromatic nitrogens is 1. The summed E-state index contributed by atoms with van der Waals surface area (Å²) in [6.07, 6.45) is 9.63. The lowest BCUT2D eigenvalue weighted by Crippen LogP contribution is -2.47. The lowest BCUT2D eigenvalue weighted by atomic mass is 9.93. The molecule has 1 aromatic rings. The van der Waals surface area contributed by atoms with Crippen molar-refractivity contribution in [1.29, 1.82) is 5.41 Å². The molecule has 9 nitrogen and oxygen atoms in total. The number of esters is 1. The number of nitrogens with one attached hydrogen (secondary N) is 3. The van der Waals surface area contributed by atoms with E-state index >= 15 is 0 Å². The number of pyridine rings is 1. The van der Waals surface area contributed by atoms with Gasteiger partial charge < -0.3 is 20.3 Å². The number of hydrogen-bond acceptors (Lipinski definition) is 8. The maximum absolute atomic E-state index is 12.4. The average Bonchev–Trinajstić information content (AvgIpc) is 2.79. The SMILES string of the molecule is COC(=O)c1cc(NC(=O)C(=N)CC(C)=O)cnc1N1CCC(NC2CCCCC2)CC1. The number of carbonyl (C=O) groups excluding carboxylic acids is 3. The molecule has 1 saturated heterocycles. The Morgan fingerprint density at radius 2 is 1.78 bits per heavy atom. The van der Waals surface area contributed by atoms with Crippen LogP contribution in [-0.4, -0.2) is 60.6 Å². The Morgan fingerprint density at radius 3 is 2.41 bits per heavy atom. The van der Waals surface area contributed by atoms with Crippen LogP contribution in [0.4, 0.5) is 11.5 Å². The Balaban J connectivity index is 1.65. The number of carbonyl (C=O) groups is 3. The lowest BCUT2D eigenvalue weighted by Gasteiger charge is -2.36. The summed E-state index contributed by atoms with van der Waals surface area (Å²) in [6.45, 7) is 2.87. The van der Waals surface area contributed by atoms with Crippen molar-refractivity contribution < 1.29 is 19.1 Å². The zero-order valence-electron chi connectivity index (χ0n) is 18.9. The molecule has 9 heteroatoms. The predicted octanol–water partition coefficient (Wildman–Crippen LogP) is 2.70. The van der Waals surface area contributed by atoms with Crippen LogP contribution in [0.15, 0.2) is 12.3 Å². The smallest absolute Gasteiger partial charge is 0.341 e. The standard InChI is InChI=1S/C23H33N5O4/c1-15(29)12-20(24)22(30)27-18-13-19(23(31)32-2)21(25-14-18)28-10-8-17(9-11-28)26-16-6-4-3-5-7-16/h13-14,16-17,24,26H,3-12H2,1-2H3,(H,27,30). The number of amides is 1. The molecule has 3 N–H and O–H groups in total. The number of piperidine rings is 1. The molecule has 0 unspecified atom stereocenters. The van der Waals surface area contributed by atoms with Gasteiger partial charge in [0.2, 0.25) is 0 Å². The van der Waals surface area contributed by atoms with Gasteiger partial charge in [0, 0.05) is 25.2 Å². The van der Waals surface area contributed by atoms with Crippen molar-refractivity contribution in [2.45, 2.75) is 70.4 Å². The van der Waals surface area contributed by atoms with Gasteiger partial charge in [-0.3, -0.25) is 15.0 Å². The van der Waals surface area contributed by atoms with E-state index in [1.807, 2.05) is 0 Å². The molecule has 1 aliphatic heterocycles. The van der Waals surface area contributed by atoms with Gasteiger partial charge in [-0.05, 0) is 38.7 Å². The summed E-state index contributed by atoms with van der Waals surface area (Å²) >= 11 is 0. The lowest BCUT2D eigenvalue weighted by molar-refractivity contribution is -0.117. The van der Waals surface area contributed by atoms with Crippen molar-refractivity contribution in [3.8, 4) is 0 Å². The van der Waals surface area contributed by atoms with E-state index in [-0.39, 0.29) is 29.2 Å². The minimum atomic E-state index is -0.694. The third kappa shape index (κ3) is 6.35. The maximum atomic E-state index is 12.4. The largest absolute Gasteiger partial charge is 0.465 e. The van der Waals surface area contributed by atoms with Gasteiger partial charge in [-0.1, -0.05) is 19.3 Å². The van der Waals surface area contributed by atoms with E-state index in [4.69, 9.17) is 10.1 Å². The fourth-order valence-corrected chi connectivity index (χ4v) is 4.43. The van der Waals surface area contributed by atoms with E-state index in [0.29, 0.717) is 17.9 Å². The Labute approximate surface area is 188 Å². The second-order valence-corrected chi connectivity index (χ2v) is 8.66. The van der Waals surface area contributed by atoms with E-state index in [0.717, 1.165) is 25.9 Å². The highest BCUT2D eigenvalue weighted by atomic mass is 16.5. The molecule has 0 aromatic carbocycles. The summed E-state index contributed by atoms with van der Waals surface area (Å²) in [7, 11) is 1.31. The monoisotopic (exact) mass is 443 g/mol. The molecule has 174 valence electrons. The number of Topliss-reactive ketones (excluding diaryl/α,β-unsaturated/α-hetero) is 1. The van der Waals surface area contributed by atoms with Crippen molar-refractivity contribution in [3.05, 3.63) is 17.8 Å². The van der Waals surface area contributed by atoms with Crippen LogP contribution in [0.3, 0.4) is 0 Å². The van der Waals surface area contributed by atoms with Crippen LogP contribution in [0.1, 0.15) is 68.6 Å². The number of nitrogens with zero attached hydrogens (tertiary/aromatic N) is 2.